The molecule has 0 atom stereocenters. The molecule has 0 radical (unpaired) electrons. The van der Waals surface area contributed by atoms with Crippen LogP contribution in [0.15, 0.2) is 72.8 Å². The van der Waals surface area contributed by atoms with Crippen LogP contribution in [-0.4, -0.2) is 145 Å². The van der Waals surface area contributed by atoms with Crippen LogP contribution in [0.4, 0.5) is 0 Å². The molecule has 6 aromatic rings. The molecule has 0 unspecified atom stereocenters. The highest BCUT2D eigenvalue weighted by Gasteiger charge is 2.31. The van der Waals surface area contributed by atoms with Crippen molar-refractivity contribution in [3.05, 3.63) is 101 Å². The number of benzene rings is 2. The molecule has 16 nitrogen and oxygen atoms in total. The van der Waals surface area contributed by atoms with Crippen molar-refractivity contribution >= 4 is 45.6 Å². The minimum atomic E-state index is -1.10. The highest BCUT2D eigenvalue weighted by molar-refractivity contribution is 6.35. The van der Waals surface area contributed by atoms with Crippen LogP contribution in [-0.2, 0) is 9.47 Å². The van der Waals surface area contributed by atoms with E-state index in [1.54, 1.807) is 15.4 Å². The molecule has 3 N–H and O–H groups in total. The summed E-state index contributed by atoms with van der Waals surface area (Å²) in [6.45, 7) is 9.96. The fourth-order valence-electron chi connectivity index (χ4n) is 8.38. The maximum Gasteiger partial charge on any atom is 0.354 e. The summed E-state index contributed by atoms with van der Waals surface area (Å²) >= 11 is 6.38. The molecule has 65 heavy (non-hydrogen) atoms. The fourth-order valence-corrected chi connectivity index (χ4v) is 8.67. The number of para-hydroxylation sites is 2. The van der Waals surface area contributed by atoms with Crippen molar-refractivity contribution in [2.24, 2.45) is 0 Å². The third-order valence-corrected chi connectivity index (χ3v) is 12.7. The number of carbonyl (C=O) groups is 2. The van der Waals surface area contributed by atoms with Gasteiger partial charge in [-0.05, 0) is 68.9 Å². The lowest BCUT2D eigenvalue weighted by Crippen LogP contribution is -2.37. The molecule has 2 aliphatic carbocycles. The molecule has 0 spiro atoms. The van der Waals surface area contributed by atoms with Gasteiger partial charge in [0.2, 0.25) is 0 Å². The number of pyridine rings is 2. The number of rotatable bonds is 14. The lowest BCUT2D eigenvalue weighted by Gasteiger charge is -2.26. The van der Waals surface area contributed by atoms with Crippen molar-refractivity contribution < 1.29 is 39.1 Å². The van der Waals surface area contributed by atoms with E-state index in [0.717, 1.165) is 138 Å². The van der Waals surface area contributed by atoms with Crippen molar-refractivity contribution in [2.45, 2.75) is 63.2 Å². The van der Waals surface area contributed by atoms with E-state index < -0.39 is 11.9 Å². The molecule has 4 aromatic heterocycles. The Kier molecular flexibility index (Phi) is 15.7. The smallest absolute Gasteiger partial charge is 0.354 e. The number of carboxylic acids is 2. The number of halogens is 1. The van der Waals surface area contributed by atoms with Gasteiger partial charge in [0.1, 0.15) is 5.75 Å². The molecule has 344 valence electrons. The maximum absolute atomic E-state index is 11.8. The van der Waals surface area contributed by atoms with Gasteiger partial charge in [-0.25, -0.2) is 28.9 Å². The van der Waals surface area contributed by atoms with Crippen molar-refractivity contribution in [3.8, 4) is 17.1 Å². The molecular weight excluding hydrogens is 852 g/mol. The van der Waals surface area contributed by atoms with Crippen molar-refractivity contribution in [3.63, 3.8) is 0 Å². The number of fused-ring (bicyclic) bond motifs is 2. The Labute approximate surface area is 382 Å². The van der Waals surface area contributed by atoms with Gasteiger partial charge in [0, 0.05) is 63.8 Å². The van der Waals surface area contributed by atoms with Gasteiger partial charge < -0.3 is 29.5 Å². The maximum atomic E-state index is 11.8. The van der Waals surface area contributed by atoms with Crippen LogP contribution in [0.1, 0.15) is 95.6 Å². The van der Waals surface area contributed by atoms with E-state index in [9.17, 15) is 19.8 Å². The molecule has 2 aromatic carbocycles. The number of aliphatic hydroxyl groups is 1. The largest absolute Gasteiger partial charge is 0.493 e. The molecule has 17 heteroatoms. The Bertz CT molecular complexity index is 2520. The van der Waals surface area contributed by atoms with Gasteiger partial charge in [-0.15, -0.1) is 0 Å². The lowest BCUT2D eigenvalue weighted by atomic mass is 9.82. The molecule has 4 aliphatic rings. The van der Waals surface area contributed by atoms with Gasteiger partial charge in [-0.3, -0.25) is 9.80 Å². The normalized spacial score (nSPS) is 17.1. The van der Waals surface area contributed by atoms with Crippen LogP contribution >= 0.6 is 11.6 Å². The van der Waals surface area contributed by atoms with E-state index in [0.29, 0.717) is 47.1 Å². The highest BCUT2D eigenvalue weighted by Crippen LogP contribution is 2.43. The molecule has 2 saturated heterocycles. The number of carboxylic acid groups (broad SMARTS) is 2. The van der Waals surface area contributed by atoms with Gasteiger partial charge >= 0.3 is 11.9 Å². The van der Waals surface area contributed by atoms with Crippen molar-refractivity contribution in [1.29, 1.82) is 0 Å². The minimum absolute atomic E-state index is 0.0297. The SMILES string of the molecule is O=C(O)c1cc(Cl)c2c(C3CCC3)nn(-c3ccccc3)c2n1.O=C(O)c1cc(OCCCN2CCOCC2)c2c(C3CCC3)nn(-c3ccccc3)c2n1.OCCCN1CCOCC1. The van der Waals surface area contributed by atoms with Crippen LogP contribution in [0.2, 0.25) is 5.02 Å². The van der Waals surface area contributed by atoms with E-state index >= 15 is 0 Å². The van der Waals surface area contributed by atoms with Crippen LogP contribution in [0, 0.1) is 0 Å². The Morgan fingerprint density at radius 1 is 0.662 bits per heavy atom. The number of ether oxygens (including phenoxy) is 3. The predicted octanol–water partition coefficient (Wildman–Crippen LogP) is 7.23. The predicted molar refractivity (Wildman–Crippen MR) is 246 cm³/mol. The summed E-state index contributed by atoms with van der Waals surface area (Å²) in [6, 6.07) is 22.3. The van der Waals surface area contributed by atoms with Gasteiger partial charge in [0.15, 0.2) is 22.7 Å². The summed E-state index contributed by atoms with van der Waals surface area (Å²) in [6.07, 6.45) is 8.44. The third-order valence-electron chi connectivity index (χ3n) is 12.4. The van der Waals surface area contributed by atoms with Gasteiger partial charge in [-0.2, -0.15) is 10.2 Å². The van der Waals surface area contributed by atoms with E-state index in [-0.39, 0.29) is 11.4 Å². The zero-order chi connectivity index (χ0) is 45.1. The number of morpholine rings is 2. The number of aliphatic hydroxyl groups excluding tert-OH is 1. The van der Waals surface area contributed by atoms with Crippen molar-refractivity contribution in [1.82, 2.24) is 39.3 Å². The first kappa shape index (κ1) is 46.1. The van der Waals surface area contributed by atoms with Crippen LogP contribution in [0.25, 0.3) is 33.4 Å². The fraction of sp³-hybridized carbons (Fsp3) is 0.458. The topological polar surface area (TPSA) is 190 Å². The van der Waals surface area contributed by atoms with Gasteiger partial charge in [0.25, 0.3) is 0 Å². The lowest BCUT2D eigenvalue weighted by molar-refractivity contribution is 0.0353. The molecule has 4 fully saturated rings. The molecule has 10 rings (SSSR count). The molecular formula is C48H57ClN8O8. The third kappa shape index (κ3) is 11.1. The van der Waals surface area contributed by atoms with Gasteiger partial charge in [-0.1, -0.05) is 60.8 Å². The average Bonchev–Trinajstić information content (AvgIpc) is 3.87. The quantitative estimate of drug-likeness (QED) is 0.0928. The van der Waals surface area contributed by atoms with Crippen LogP contribution < -0.4 is 4.74 Å². The molecule has 2 aliphatic heterocycles. The number of aromatic nitrogens is 6. The average molecular weight is 909 g/mol. The zero-order valence-electron chi connectivity index (χ0n) is 36.6. The second kappa shape index (κ2) is 22.1. The minimum Gasteiger partial charge on any atom is -0.493 e. The Morgan fingerprint density at radius 3 is 1.58 bits per heavy atom. The Hall–Kier alpha value is -5.49. The first-order valence-corrected chi connectivity index (χ1v) is 23.1. The molecule has 0 bridgehead atoms. The zero-order valence-corrected chi connectivity index (χ0v) is 37.3. The highest BCUT2D eigenvalue weighted by atomic mass is 35.5. The number of aromatic carboxylic acids is 2. The number of hydrogen-bond donors (Lipinski definition) is 3. The second-order valence-corrected chi connectivity index (χ2v) is 17.1. The summed E-state index contributed by atoms with van der Waals surface area (Å²) < 4.78 is 20.2. The van der Waals surface area contributed by atoms with E-state index in [1.807, 2.05) is 60.7 Å². The number of nitrogens with zero attached hydrogens (tertiary/aromatic N) is 8. The van der Waals surface area contributed by atoms with Crippen LogP contribution in [0.3, 0.4) is 0 Å². The van der Waals surface area contributed by atoms with Gasteiger partial charge in [0.05, 0.1) is 71.6 Å². The van der Waals surface area contributed by atoms with Crippen LogP contribution in [0.5, 0.6) is 5.75 Å². The van der Waals surface area contributed by atoms with E-state index in [1.165, 1.54) is 18.9 Å². The summed E-state index contributed by atoms with van der Waals surface area (Å²) in [5, 5.41) is 39.1. The molecule has 0 amide bonds. The standard InChI is InChI=1S/C24H28N4O4.C17H14ClN3O2.C7H15NO2/c29-24(30)19-16-20(32-13-5-10-27-11-14-31-15-12-27)21-22(17-6-4-7-17)26-28(23(21)25-19)18-8-2-1-3-9-18;18-12-9-13(17(22)23)19-16-14(12)15(10-5-4-6-10)20-21(16)11-7-2-1-3-8-11;9-5-1-2-8-3-6-10-7-4-8/h1-3,8-9,16-17H,4-7,10-15H2,(H,29,30);1-3,7-10H,4-6H2,(H,22,23);9H,1-7H2. The summed E-state index contributed by atoms with van der Waals surface area (Å²) in [4.78, 5) is 36.6. The first-order valence-electron chi connectivity index (χ1n) is 22.7. The molecule has 6 heterocycles. The molecule has 2 saturated carbocycles. The Balaban J connectivity index is 0.000000151. The summed E-state index contributed by atoms with van der Waals surface area (Å²) in [7, 11) is 0. The summed E-state index contributed by atoms with van der Waals surface area (Å²) in [5.41, 5.74) is 4.53. The van der Waals surface area contributed by atoms with E-state index in [2.05, 4.69) is 19.8 Å². The first-order chi connectivity index (χ1) is 31.8. The summed E-state index contributed by atoms with van der Waals surface area (Å²) in [5.74, 6) is -0.873. The monoisotopic (exact) mass is 908 g/mol. The second-order valence-electron chi connectivity index (χ2n) is 16.7. The van der Waals surface area contributed by atoms with Crippen molar-refractivity contribution in [2.75, 3.05) is 78.9 Å². The number of hydrogen-bond acceptors (Lipinski definition) is 12. The van der Waals surface area contributed by atoms with E-state index in [4.69, 9.17) is 41.1 Å². The Morgan fingerprint density at radius 2 is 1.12 bits per heavy atom.